The molecule has 1 rings (SSSR count). The molecule has 108 valence electrons. The number of allylic oxidation sites excluding steroid dienone is 1. The third kappa shape index (κ3) is 4.53. The first kappa shape index (κ1) is 16.0. The van der Waals surface area contributed by atoms with Crippen molar-refractivity contribution < 1.29 is 19.4 Å². The smallest absolute Gasteiger partial charge is 0.338 e. The zero-order valence-electron chi connectivity index (χ0n) is 11.6. The van der Waals surface area contributed by atoms with Crippen LogP contribution >= 0.6 is 0 Å². The molecule has 0 heterocycles. The molecule has 2 unspecified atom stereocenters. The summed E-state index contributed by atoms with van der Waals surface area (Å²) in [4.78, 5) is 23.3. The van der Waals surface area contributed by atoms with Crippen molar-refractivity contribution in [2.24, 2.45) is 5.92 Å². The van der Waals surface area contributed by atoms with Crippen LogP contribution in [0.5, 0.6) is 0 Å². The van der Waals surface area contributed by atoms with Gasteiger partial charge < -0.3 is 9.84 Å². The van der Waals surface area contributed by atoms with Crippen molar-refractivity contribution >= 4 is 11.9 Å². The molecule has 2 atom stereocenters. The topological polar surface area (TPSA) is 63.6 Å². The number of carboxylic acids is 1. The number of aliphatic carboxylic acids is 1. The second-order valence-corrected chi connectivity index (χ2v) is 4.57. The molecular formula is C16H20O4. The average Bonchev–Trinajstić information content (AvgIpc) is 2.45. The van der Waals surface area contributed by atoms with Crippen LogP contribution in [-0.4, -0.2) is 23.1 Å². The molecule has 0 aliphatic carbocycles. The van der Waals surface area contributed by atoms with Crippen LogP contribution in [0.25, 0.3) is 0 Å². The lowest BCUT2D eigenvalue weighted by atomic mass is 9.95. The summed E-state index contributed by atoms with van der Waals surface area (Å²) in [5.41, 5.74) is 0.427. The summed E-state index contributed by atoms with van der Waals surface area (Å²) in [6.45, 7) is 5.49. The van der Waals surface area contributed by atoms with E-state index in [9.17, 15) is 14.7 Å². The lowest BCUT2D eigenvalue weighted by molar-refractivity contribution is -0.145. The maximum absolute atomic E-state index is 12.0. The van der Waals surface area contributed by atoms with E-state index in [-0.39, 0.29) is 6.42 Å². The first-order valence-electron chi connectivity index (χ1n) is 6.69. The van der Waals surface area contributed by atoms with Gasteiger partial charge in [0.15, 0.2) is 0 Å². The first-order chi connectivity index (χ1) is 9.60. The number of carboxylic acid groups (broad SMARTS) is 1. The average molecular weight is 276 g/mol. The Balaban J connectivity index is 2.82. The zero-order chi connectivity index (χ0) is 15.0. The molecule has 1 N–H and O–H groups in total. The van der Waals surface area contributed by atoms with Gasteiger partial charge in [-0.3, -0.25) is 4.79 Å². The lowest BCUT2D eigenvalue weighted by Crippen LogP contribution is -2.32. The monoisotopic (exact) mass is 276 g/mol. The fraction of sp³-hybridized carbons (Fsp3) is 0.375. The molecule has 0 bridgehead atoms. The van der Waals surface area contributed by atoms with Crippen LogP contribution in [0.4, 0.5) is 0 Å². The third-order valence-electron chi connectivity index (χ3n) is 3.03. The molecule has 4 nitrogen and oxygen atoms in total. The van der Waals surface area contributed by atoms with Gasteiger partial charge in [-0.2, -0.15) is 0 Å². The quantitative estimate of drug-likeness (QED) is 0.584. The Kier molecular flexibility index (Phi) is 6.50. The minimum Gasteiger partial charge on any atom is -0.481 e. The summed E-state index contributed by atoms with van der Waals surface area (Å²) in [6, 6.07) is 8.58. The lowest BCUT2D eigenvalue weighted by Gasteiger charge is -2.23. The van der Waals surface area contributed by atoms with Crippen LogP contribution < -0.4 is 0 Å². The van der Waals surface area contributed by atoms with E-state index in [1.807, 2.05) is 6.92 Å². The molecule has 0 fully saturated rings. The molecule has 0 saturated carbocycles. The molecule has 0 spiro atoms. The number of benzene rings is 1. The van der Waals surface area contributed by atoms with E-state index in [1.54, 1.807) is 30.3 Å². The Morgan fingerprint density at radius 2 is 2.00 bits per heavy atom. The Morgan fingerprint density at radius 3 is 2.50 bits per heavy atom. The van der Waals surface area contributed by atoms with Crippen molar-refractivity contribution in [3.8, 4) is 0 Å². The molecule has 0 aliphatic rings. The molecule has 1 aromatic carbocycles. The van der Waals surface area contributed by atoms with Gasteiger partial charge in [-0.15, -0.1) is 6.58 Å². The van der Waals surface area contributed by atoms with E-state index in [4.69, 9.17) is 4.74 Å². The van der Waals surface area contributed by atoms with Gasteiger partial charge in [-0.25, -0.2) is 4.79 Å². The molecule has 0 radical (unpaired) electrons. The summed E-state index contributed by atoms with van der Waals surface area (Å²) in [5, 5.41) is 9.25. The molecule has 20 heavy (non-hydrogen) atoms. The van der Waals surface area contributed by atoms with Gasteiger partial charge in [0.1, 0.15) is 6.10 Å². The standard InChI is InChI=1S/C16H20O4/c1-3-8-13(15(17)18)14(9-4-2)20-16(19)12-10-6-5-7-11-12/h3,5-7,10-11,13-14H,1,4,8-9H2,2H3,(H,17,18). The highest BCUT2D eigenvalue weighted by atomic mass is 16.5. The highest BCUT2D eigenvalue weighted by molar-refractivity contribution is 5.89. The van der Waals surface area contributed by atoms with Crippen molar-refractivity contribution in [3.63, 3.8) is 0 Å². The highest BCUT2D eigenvalue weighted by Gasteiger charge is 2.29. The molecule has 0 amide bonds. The summed E-state index contributed by atoms with van der Waals surface area (Å²) in [5.74, 6) is -2.20. The van der Waals surface area contributed by atoms with Gasteiger partial charge in [0, 0.05) is 0 Å². The van der Waals surface area contributed by atoms with Crippen LogP contribution in [0.15, 0.2) is 43.0 Å². The number of rotatable bonds is 8. The maximum atomic E-state index is 12.0. The van der Waals surface area contributed by atoms with Gasteiger partial charge in [0.2, 0.25) is 0 Å². The highest BCUT2D eigenvalue weighted by Crippen LogP contribution is 2.20. The number of carbonyl (C=O) groups is 2. The second kappa shape index (κ2) is 8.15. The van der Waals surface area contributed by atoms with Gasteiger partial charge >= 0.3 is 11.9 Å². The van der Waals surface area contributed by atoms with E-state index in [0.29, 0.717) is 12.0 Å². The predicted octanol–water partition coefficient (Wildman–Crippen LogP) is 3.29. The number of hydrogen-bond acceptors (Lipinski definition) is 3. The fourth-order valence-corrected chi connectivity index (χ4v) is 2.00. The SMILES string of the molecule is C=CCC(C(=O)O)C(CCC)OC(=O)c1ccccc1. The Hall–Kier alpha value is -2.10. The van der Waals surface area contributed by atoms with E-state index in [1.165, 1.54) is 6.08 Å². The normalized spacial score (nSPS) is 13.2. The summed E-state index contributed by atoms with van der Waals surface area (Å²) < 4.78 is 5.39. The van der Waals surface area contributed by atoms with E-state index >= 15 is 0 Å². The number of esters is 1. The van der Waals surface area contributed by atoms with Crippen LogP contribution in [0.3, 0.4) is 0 Å². The summed E-state index contributed by atoms with van der Waals surface area (Å²) >= 11 is 0. The Morgan fingerprint density at radius 1 is 1.35 bits per heavy atom. The summed E-state index contributed by atoms with van der Waals surface area (Å²) in [7, 11) is 0. The van der Waals surface area contributed by atoms with Gasteiger partial charge in [0.25, 0.3) is 0 Å². The fourth-order valence-electron chi connectivity index (χ4n) is 2.00. The largest absolute Gasteiger partial charge is 0.481 e. The second-order valence-electron chi connectivity index (χ2n) is 4.57. The van der Waals surface area contributed by atoms with E-state index < -0.39 is 24.0 Å². The number of hydrogen-bond donors (Lipinski definition) is 1. The number of ether oxygens (including phenoxy) is 1. The molecule has 1 aromatic rings. The van der Waals surface area contributed by atoms with Crippen LogP contribution in [0.1, 0.15) is 36.5 Å². The van der Waals surface area contributed by atoms with Crippen molar-refractivity contribution in [3.05, 3.63) is 48.6 Å². The van der Waals surface area contributed by atoms with Gasteiger partial charge in [0.05, 0.1) is 11.5 Å². The van der Waals surface area contributed by atoms with Crippen molar-refractivity contribution in [1.29, 1.82) is 0 Å². The van der Waals surface area contributed by atoms with E-state index in [0.717, 1.165) is 6.42 Å². The van der Waals surface area contributed by atoms with Gasteiger partial charge in [-0.1, -0.05) is 37.6 Å². The van der Waals surface area contributed by atoms with Crippen LogP contribution in [-0.2, 0) is 9.53 Å². The van der Waals surface area contributed by atoms with Gasteiger partial charge in [-0.05, 0) is 25.0 Å². The minimum atomic E-state index is -0.968. The van der Waals surface area contributed by atoms with Crippen LogP contribution in [0.2, 0.25) is 0 Å². The molecule has 0 aliphatic heterocycles. The van der Waals surface area contributed by atoms with Crippen molar-refractivity contribution in [2.75, 3.05) is 0 Å². The summed E-state index contributed by atoms with van der Waals surface area (Å²) in [6.07, 6.45) is 2.44. The molecule has 0 aromatic heterocycles. The molecule has 4 heteroatoms. The maximum Gasteiger partial charge on any atom is 0.338 e. The minimum absolute atomic E-state index is 0.280. The van der Waals surface area contributed by atoms with Crippen molar-refractivity contribution in [2.45, 2.75) is 32.3 Å². The Labute approximate surface area is 119 Å². The van der Waals surface area contributed by atoms with E-state index in [2.05, 4.69) is 6.58 Å². The van der Waals surface area contributed by atoms with Crippen LogP contribution in [0, 0.1) is 5.92 Å². The molecule has 0 saturated heterocycles. The first-order valence-corrected chi connectivity index (χ1v) is 6.69. The third-order valence-corrected chi connectivity index (χ3v) is 3.03. The molecular weight excluding hydrogens is 256 g/mol. The Bertz CT molecular complexity index is 453. The van der Waals surface area contributed by atoms with Crippen molar-refractivity contribution in [1.82, 2.24) is 0 Å². The zero-order valence-corrected chi connectivity index (χ0v) is 11.6. The predicted molar refractivity (Wildman–Crippen MR) is 76.5 cm³/mol. The number of carbonyl (C=O) groups excluding carboxylic acids is 1.